The largest absolute Gasteiger partial charge is 0.349 e. The Morgan fingerprint density at radius 3 is 2.25 bits per heavy atom. The van der Waals surface area contributed by atoms with Crippen molar-refractivity contribution in [2.75, 3.05) is 21.1 Å². The molecule has 0 saturated carbocycles. The van der Waals surface area contributed by atoms with E-state index in [0.29, 0.717) is 11.4 Å². The molecular weight excluding hydrogens is 332 g/mol. The number of carbonyl (C=O) groups excluding carboxylic acids is 1. The third-order valence-corrected chi connectivity index (χ3v) is 5.42. The van der Waals surface area contributed by atoms with Crippen molar-refractivity contribution in [1.82, 2.24) is 19.5 Å². The molecule has 0 aliphatic carbocycles. The van der Waals surface area contributed by atoms with Gasteiger partial charge in [-0.3, -0.25) is 4.79 Å². The summed E-state index contributed by atoms with van der Waals surface area (Å²) in [7, 11) is 1.16. The quantitative estimate of drug-likeness (QED) is 0.764. The van der Waals surface area contributed by atoms with Gasteiger partial charge in [-0.1, -0.05) is 22.4 Å². The molecule has 9 heteroatoms. The highest BCUT2D eigenvalue weighted by atomic mass is 32.2. The third kappa shape index (κ3) is 3.98. The Morgan fingerprint density at radius 1 is 1.12 bits per heavy atom. The van der Waals surface area contributed by atoms with Gasteiger partial charge < -0.3 is 4.90 Å². The molecule has 0 radical (unpaired) electrons. The molecule has 1 aromatic carbocycles. The van der Waals surface area contributed by atoms with E-state index in [1.807, 2.05) is 0 Å². The second kappa shape index (κ2) is 7.10. The molecule has 0 N–H and O–H groups in total. The average Bonchev–Trinajstić information content (AvgIpc) is 2.92. The molecule has 1 aromatic heterocycles. The molecule has 0 bridgehead atoms. The minimum absolute atomic E-state index is 0.0447. The van der Waals surface area contributed by atoms with Gasteiger partial charge in [-0.05, 0) is 24.6 Å². The molecular formula is C15H20N4O4S. The second-order valence-corrected chi connectivity index (χ2v) is 7.71. The van der Waals surface area contributed by atoms with Gasteiger partial charge in [-0.2, -0.15) is 4.31 Å². The van der Waals surface area contributed by atoms with Gasteiger partial charge in [-0.15, -0.1) is 0 Å². The van der Waals surface area contributed by atoms with Gasteiger partial charge in [-0.25, -0.2) is 13.0 Å². The summed E-state index contributed by atoms with van der Waals surface area (Å²) in [4.78, 5) is 13.3. The number of carbonyl (C=O) groups is 1. The number of rotatable bonds is 6. The fourth-order valence-corrected chi connectivity index (χ4v) is 3.11. The minimum atomic E-state index is -3.66. The van der Waals surface area contributed by atoms with Crippen LogP contribution in [0.1, 0.15) is 17.0 Å². The monoisotopic (exact) mass is 352 g/mol. The molecule has 0 fully saturated rings. The van der Waals surface area contributed by atoms with E-state index in [0.717, 1.165) is 5.56 Å². The Kier molecular flexibility index (Phi) is 5.35. The lowest BCUT2D eigenvalue weighted by atomic mass is 10.1. The highest BCUT2D eigenvalue weighted by molar-refractivity contribution is 7.89. The van der Waals surface area contributed by atoms with E-state index in [-0.39, 0.29) is 23.8 Å². The Labute approximate surface area is 141 Å². The highest BCUT2D eigenvalue weighted by Gasteiger charge is 2.23. The van der Waals surface area contributed by atoms with Crippen LogP contribution in [0.15, 0.2) is 33.8 Å². The van der Waals surface area contributed by atoms with Crippen molar-refractivity contribution in [2.45, 2.75) is 24.8 Å². The lowest BCUT2D eigenvalue weighted by Crippen LogP contribution is -2.27. The molecule has 1 heterocycles. The summed E-state index contributed by atoms with van der Waals surface area (Å²) < 4.78 is 30.9. The summed E-state index contributed by atoms with van der Waals surface area (Å²) in [5, 5.41) is 7.33. The van der Waals surface area contributed by atoms with Crippen molar-refractivity contribution in [3.8, 4) is 0 Å². The van der Waals surface area contributed by atoms with E-state index < -0.39 is 10.0 Å². The predicted octanol–water partition coefficient (Wildman–Crippen LogP) is 0.829. The van der Waals surface area contributed by atoms with Gasteiger partial charge >= 0.3 is 0 Å². The summed E-state index contributed by atoms with van der Waals surface area (Å²) >= 11 is 0. The summed E-state index contributed by atoms with van der Waals surface area (Å²) in [6.07, 6.45) is 0.229. The number of aryl methyl sites for hydroxylation is 1. The number of nitrogens with zero attached hydrogens (tertiary/aromatic N) is 4. The van der Waals surface area contributed by atoms with Crippen LogP contribution in [0.25, 0.3) is 0 Å². The summed E-state index contributed by atoms with van der Waals surface area (Å²) in [5.41, 5.74) is 1.77. The number of benzene rings is 1. The first kappa shape index (κ1) is 18.1. The predicted molar refractivity (Wildman–Crippen MR) is 86.5 cm³/mol. The number of hydrogen-bond donors (Lipinski definition) is 0. The van der Waals surface area contributed by atoms with Crippen molar-refractivity contribution in [2.24, 2.45) is 0 Å². The lowest BCUT2D eigenvalue weighted by molar-refractivity contribution is -0.127. The number of amides is 1. The van der Waals surface area contributed by atoms with Crippen LogP contribution in [0.5, 0.6) is 0 Å². The van der Waals surface area contributed by atoms with Crippen molar-refractivity contribution >= 4 is 15.9 Å². The Morgan fingerprint density at radius 2 is 1.75 bits per heavy atom. The fraction of sp³-hybridized carbons (Fsp3) is 0.400. The first-order valence-corrected chi connectivity index (χ1v) is 8.69. The standard InChI is InChI=1S/C15H20N4O4S/c1-11-14(17-23-16-11)10-19(4)24(21,22)13-7-5-12(6-8-13)9-15(20)18(2)3/h5-8H,9-10H2,1-4H3. The number of hydrogen-bond acceptors (Lipinski definition) is 6. The van der Waals surface area contributed by atoms with E-state index in [1.165, 1.54) is 28.4 Å². The van der Waals surface area contributed by atoms with E-state index >= 15 is 0 Å². The summed E-state index contributed by atoms with van der Waals surface area (Å²) in [5.74, 6) is -0.0447. The normalized spacial score (nSPS) is 11.7. The highest BCUT2D eigenvalue weighted by Crippen LogP contribution is 2.18. The molecule has 24 heavy (non-hydrogen) atoms. The average molecular weight is 352 g/mol. The molecule has 0 atom stereocenters. The van der Waals surface area contributed by atoms with Crippen LogP contribution < -0.4 is 0 Å². The maximum absolute atomic E-state index is 12.6. The maximum atomic E-state index is 12.6. The van der Waals surface area contributed by atoms with E-state index in [4.69, 9.17) is 0 Å². The van der Waals surface area contributed by atoms with E-state index in [1.54, 1.807) is 33.2 Å². The van der Waals surface area contributed by atoms with Gasteiger partial charge in [0.1, 0.15) is 11.4 Å². The van der Waals surface area contributed by atoms with E-state index in [2.05, 4.69) is 14.9 Å². The molecule has 0 aliphatic rings. The second-order valence-electron chi connectivity index (χ2n) is 5.67. The van der Waals surface area contributed by atoms with Crippen LogP contribution in [0, 0.1) is 6.92 Å². The van der Waals surface area contributed by atoms with Crippen LogP contribution in [-0.4, -0.2) is 55.0 Å². The molecule has 0 saturated heterocycles. The number of sulfonamides is 1. The molecule has 0 unspecified atom stereocenters. The van der Waals surface area contributed by atoms with Crippen LogP contribution in [0.4, 0.5) is 0 Å². The zero-order valence-electron chi connectivity index (χ0n) is 14.1. The first-order chi connectivity index (χ1) is 11.2. The topological polar surface area (TPSA) is 96.6 Å². The Bertz CT molecular complexity index is 812. The fourth-order valence-electron chi connectivity index (χ4n) is 1.98. The zero-order valence-corrected chi connectivity index (χ0v) is 14.9. The van der Waals surface area contributed by atoms with Crippen molar-refractivity contribution in [3.63, 3.8) is 0 Å². The van der Waals surface area contributed by atoms with Gasteiger partial charge in [0.25, 0.3) is 0 Å². The summed E-state index contributed by atoms with van der Waals surface area (Å²) in [6, 6.07) is 6.28. The molecule has 0 aliphatic heterocycles. The SMILES string of the molecule is Cc1nonc1CN(C)S(=O)(=O)c1ccc(CC(=O)N(C)C)cc1. The van der Waals surface area contributed by atoms with Gasteiger partial charge in [0, 0.05) is 21.1 Å². The molecule has 0 spiro atoms. The maximum Gasteiger partial charge on any atom is 0.243 e. The van der Waals surface area contributed by atoms with Crippen LogP contribution in [-0.2, 0) is 27.8 Å². The minimum Gasteiger partial charge on any atom is -0.349 e. The molecule has 2 aromatic rings. The van der Waals surface area contributed by atoms with Gasteiger partial charge in [0.15, 0.2) is 0 Å². The summed E-state index contributed by atoms with van der Waals surface area (Å²) in [6.45, 7) is 1.77. The zero-order chi connectivity index (χ0) is 17.9. The van der Waals surface area contributed by atoms with Crippen LogP contribution in [0.2, 0.25) is 0 Å². The van der Waals surface area contributed by atoms with Crippen LogP contribution >= 0.6 is 0 Å². The third-order valence-electron chi connectivity index (χ3n) is 3.60. The molecule has 8 nitrogen and oxygen atoms in total. The Hall–Kier alpha value is -2.26. The molecule has 2 rings (SSSR count). The number of aromatic nitrogens is 2. The van der Waals surface area contributed by atoms with Gasteiger partial charge in [0.2, 0.25) is 15.9 Å². The Balaban J connectivity index is 2.14. The molecule has 130 valence electrons. The smallest absolute Gasteiger partial charge is 0.243 e. The van der Waals surface area contributed by atoms with Crippen molar-refractivity contribution in [3.05, 3.63) is 41.2 Å². The lowest BCUT2D eigenvalue weighted by Gasteiger charge is -2.16. The van der Waals surface area contributed by atoms with Crippen LogP contribution in [0.3, 0.4) is 0 Å². The van der Waals surface area contributed by atoms with Gasteiger partial charge in [0.05, 0.1) is 17.9 Å². The van der Waals surface area contributed by atoms with Crippen molar-refractivity contribution in [1.29, 1.82) is 0 Å². The van der Waals surface area contributed by atoms with E-state index in [9.17, 15) is 13.2 Å². The molecule has 1 amide bonds. The first-order valence-electron chi connectivity index (χ1n) is 7.25. The number of likely N-dealkylation sites (N-methyl/N-ethyl adjacent to an activating group) is 1. The van der Waals surface area contributed by atoms with Crippen molar-refractivity contribution < 1.29 is 17.8 Å².